The molecular weight excluding hydrogens is 366 g/mol. The average molecular weight is 400 g/mol. The van der Waals surface area contributed by atoms with Gasteiger partial charge in [-0.2, -0.15) is 0 Å². The third-order valence-corrected chi connectivity index (χ3v) is 6.06. The lowest BCUT2D eigenvalue weighted by molar-refractivity contribution is -0.147. The summed E-state index contributed by atoms with van der Waals surface area (Å²) in [5.74, 6) is -0.0743. The van der Waals surface area contributed by atoms with E-state index >= 15 is 0 Å². The summed E-state index contributed by atoms with van der Waals surface area (Å²) in [7, 11) is 0. The number of carbonyl (C=O) groups excluding carboxylic acids is 2. The van der Waals surface area contributed by atoms with Gasteiger partial charge in [-0.05, 0) is 48.8 Å². The number of carbonyl (C=O) groups is 2. The van der Waals surface area contributed by atoms with E-state index < -0.39 is 0 Å². The summed E-state index contributed by atoms with van der Waals surface area (Å²) in [5, 5.41) is 15.6. The predicted molar refractivity (Wildman–Crippen MR) is 115 cm³/mol. The van der Waals surface area contributed by atoms with Crippen molar-refractivity contribution in [2.75, 3.05) is 19.7 Å². The molecule has 1 aliphatic heterocycles. The second kappa shape index (κ2) is 9.92. The maximum absolute atomic E-state index is 12.1. The number of hydrogen-bond acceptors (Lipinski definition) is 3. The van der Waals surface area contributed by atoms with Crippen LogP contribution < -0.4 is 10.6 Å². The van der Waals surface area contributed by atoms with Crippen LogP contribution in [-0.4, -0.2) is 53.7 Å². The minimum absolute atomic E-state index is 0.00441. The van der Waals surface area contributed by atoms with Gasteiger partial charge < -0.3 is 20.6 Å². The Hall–Kier alpha value is -2.34. The molecule has 0 bridgehead atoms. The molecule has 0 aromatic heterocycles. The van der Waals surface area contributed by atoms with E-state index in [-0.39, 0.29) is 36.5 Å². The molecule has 3 atom stereocenters. The van der Waals surface area contributed by atoms with E-state index in [1.54, 1.807) is 4.90 Å². The minimum atomic E-state index is -0.252. The van der Waals surface area contributed by atoms with E-state index in [1.165, 1.54) is 30.9 Å². The summed E-state index contributed by atoms with van der Waals surface area (Å²) in [6.07, 6.45) is 7.98. The second-order valence-electron chi connectivity index (χ2n) is 8.00. The first-order valence-electron chi connectivity index (χ1n) is 10.8. The van der Waals surface area contributed by atoms with Crippen LogP contribution in [0, 0.1) is 0 Å². The zero-order valence-corrected chi connectivity index (χ0v) is 17.5. The van der Waals surface area contributed by atoms with Crippen LogP contribution in [0.1, 0.15) is 63.0 Å². The Kier molecular flexibility index (Phi) is 7.31. The van der Waals surface area contributed by atoms with Crippen LogP contribution in [0.4, 0.5) is 4.79 Å². The highest BCUT2D eigenvalue weighted by Crippen LogP contribution is 2.41. The number of rotatable bonds is 7. The van der Waals surface area contributed by atoms with E-state index in [1.807, 2.05) is 6.92 Å². The lowest BCUT2D eigenvalue weighted by Gasteiger charge is -2.54. The smallest absolute Gasteiger partial charge is 0.314 e. The zero-order valence-electron chi connectivity index (χ0n) is 17.5. The van der Waals surface area contributed by atoms with Gasteiger partial charge in [0.05, 0.1) is 18.7 Å². The van der Waals surface area contributed by atoms with Crippen molar-refractivity contribution in [3.63, 3.8) is 0 Å². The van der Waals surface area contributed by atoms with Crippen LogP contribution in [0.5, 0.6) is 0 Å². The van der Waals surface area contributed by atoms with E-state index in [0.717, 1.165) is 24.8 Å². The number of nitrogens with one attached hydrogen (secondary N) is 2. The first-order chi connectivity index (χ1) is 14.1. The van der Waals surface area contributed by atoms with Gasteiger partial charge in [0.15, 0.2) is 0 Å². The number of hydrogen-bond donors (Lipinski definition) is 3. The summed E-state index contributed by atoms with van der Waals surface area (Å²) in [6, 6.07) is 7.89. The largest absolute Gasteiger partial charge is 0.394 e. The van der Waals surface area contributed by atoms with Crippen molar-refractivity contribution in [2.24, 2.45) is 0 Å². The Morgan fingerprint density at radius 1 is 1.14 bits per heavy atom. The molecule has 0 radical (unpaired) electrons. The summed E-state index contributed by atoms with van der Waals surface area (Å²) < 4.78 is 0. The Labute approximate surface area is 173 Å². The lowest BCUT2D eigenvalue weighted by Crippen LogP contribution is -2.68. The fraction of sp³-hybridized carbons (Fsp3) is 0.565. The summed E-state index contributed by atoms with van der Waals surface area (Å²) >= 11 is 0. The van der Waals surface area contributed by atoms with Gasteiger partial charge in [-0.25, -0.2) is 4.79 Å². The number of urea groups is 1. The van der Waals surface area contributed by atoms with Gasteiger partial charge in [0.25, 0.3) is 0 Å². The molecule has 6 heteroatoms. The molecule has 1 heterocycles. The highest BCUT2D eigenvalue weighted by Gasteiger charge is 2.49. The third-order valence-electron chi connectivity index (χ3n) is 6.06. The van der Waals surface area contributed by atoms with Gasteiger partial charge in [0.2, 0.25) is 5.91 Å². The molecule has 6 nitrogen and oxygen atoms in total. The number of aliphatic hydroxyl groups excluding tert-OH is 1. The molecule has 29 heavy (non-hydrogen) atoms. The first-order valence-corrected chi connectivity index (χ1v) is 10.8. The molecule has 3 amide bonds. The minimum Gasteiger partial charge on any atom is -0.394 e. The number of likely N-dealkylation sites (tertiary alicyclic amines) is 1. The van der Waals surface area contributed by atoms with E-state index in [2.05, 4.69) is 41.0 Å². The van der Waals surface area contributed by atoms with Gasteiger partial charge in [-0.1, -0.05) is 37.3 Å². The fourth-order valence-electron chi connectivity index (χ4n) is 4.60. The summed E-state index contributed by atoms with van der Waals surface area (Å²) in [6.45, 7) is 4.41. The van der Waals surface area contributed by atoms with E-state index in [9.17, 15) is 14.7 Å². The van der Waals surface area contributed by atoms with Crippen molar-refractivity contribution in [3.8, 4) is 0 Å². The molecular formula is C23H33N3O3. The van der Waals surface area contributed by atoms with Crippen molar-refractivity contribution >= 4 is 17.5 Å². The van der Waals surface area contributed by atoms with Crippen LogP contribution in [0.15, 0.2) is 30.3 Å². The van der Waals surface area contributed by atoms with Crippen LogP contribution in [0.25, 0.3) is 5.57 Å². The molecule has 1 saturated heterocycles. The highest BCUT2D eigenvalue weighted by atomic mass is 16.3. The first kappa shape index (κ1) is 21.4. The van der Waals surface area contributed by atoms with Gasteiger partial charge >= 0.3 is 6.03 Å². The third kappa shape index (κ3) is 4.81. The molecule has 3 rings (SSSR count). The van der Waals surface area contributed by atoms with Crippen molar-refractivity contribution in [2.45, 2.75) is 64.0 Å². The number of aliphatic hydroxyl groups is 1. The van der Waals surface area contributed by atoms with Crippen LogP contribution in [0.2, 0.25) is 0 Å². The van der Waals surface area contributed by atoms with Crippen LogP contribution in [0.3, 0.4) is 0 Å². The van der Waals surface area contributed by atoms with Crippen molar-refractivity contribution in [1.29, 1.82) is 0 Å². The molecule has 1 aliphatic carbocycles. The lowest BCUT2D eigenvalue weighted by atomic mass is 9.74. The second-order valence-corrected chi connectivity index (χ2v) is 8.00. The summed E-state index contributed by atoms with van der Waals surface area (Å²) in [5.41, 5.74) is 3.76. The Bertz CT molecular complexity index is 744. The fourth-order valence-corrected chi connectivity index (χ4v) is 4.60. The van der Waals surface area contributed by atoms with Gasteiger partial charge in [0, 0.05) is 25.9 Å². The van der Waals surface area contributed by atoms with Gasteiger partial charge in [0.1, 0.15) is 0 Å². The monoisotopic (exact) mass is 399 g/mol. The van der Waals surface area contributed by atoms with Crippen molar-refractivity contribution < 1.29 is 14.7 Å². The molecule has 158 valence electrons. The van der Waals surface area contributed by atoms with Gasteiger partial charge in [-0.3, -0.25) is 4.79 Å². The number of benzene rings is 1. The quantitative estimate of drug-likeness (QED) is 0.659. The van der Waals surface area contributed by atoms with E-state index in [0.29, 0.717) is 13.1 Å². The van der Waals surface area contributed by atoms with E-state index in [4.69, 9.17) is 0 Å². The maximum Gasteiger partial charge on any atom is 0.314 e. The molecule has 1 aromatic rings. The Morgan fingerprint density at radius 3 is 2.48 bits per heavy atom. The normalized spacial score (nSPS) is 23.8. The summed E-state index contributed by atoms with van der Waals surface area (Å²) in [4.78, 5) is 25.8. The number of nitrogens with zero attached hydrogens (tertiary/aromatic N) is 1. The topological polar surface area (TPSA) is 81.7 Å². The Balaban J connectivity index is 1.74. The van der Waals surface area contributed by atoms with Crippen LogP contribution >= 0.6 is 0 Å². The van der Waals surface area contributed by atoms with Crippen LogP contribution in [-0.2, 0) is 4.79 Å². The number of allylic oxidation sites excluding steroid dienone is 2. The molecule has 3 N–H and O–H groups in total. The molecule has 2 aliphatic rings. The molecule has 1 aromatic carbocycles. The Morgan fingerprint density at radius 2 is 1.90 bits per heavy atom. The van der Waals surface area contributed by atoms with Crippen molar-refractivity contribution in [3.05, 3.63) is 41.5 Å². The van der Waals surface area contributed by atoms with Gasteiger partial charge in [-0.15, -0.1) is 0 Å². The molecule has 1 fully saturated rings. The molecule has 0 unspecified atom stereocenters. The predicted octanol–water partition coefficient (Wildman–Crippen LogP) is 3.03. The SMILES string of the molecule is CCCNC(=O)NC[C@@H]1[C@@H](c2ccc(C3=CCCCC3)cc2)[C@H](CO)N1C(C)=O. The van der Waals surface area contributed by atoms with Crippen molar-refractivity contribution in [1.82, 2.24) is 15.5 Å². The molecule has 0 saturated carbocycles. The zero-order chi connectivity index (χ0) is 20.8. The standard InChI is InChI=1S/C23H33N3O3/c1-3-13-24-23(29)25-14-20-22(21(15-27)26(20)16(2)28)19-11-9-18(10-12-19)17-7-5-4-6-8-17/h7,9-12,20-22,27H,3-6,8,13-15H2,1-2H3,(H2,24,25,29)/t20-,21+,22-/m1/s1. The average Bonchev–Trinajstić information content (AvgIpc) is 2.72. The number of amides is 3. The maximum atomic E-state index is 12.1. The highest BCUT2D eigenvalue weighted by molar-refractivity contribution is 5.77. The molecule has 0 spiro atoms.